The highest BCUT2D eigenvalue weighted by molar-refractivity contribution is 5.94. The van der Waals surface area contributed by atoms with Crippen molar-refractivity contribution in [3.63, 3.8) is 0 Å². The summed E-state index contributed by atoms with van der Waals surface area (Å²) in [5, 5.41) is 10.7. The van der Waals surface area contributed by atoms with Gasteiger partial charge in [0.1, 0.15) is 0 Å². The lowest BCUT2D eigenvalue weighted by Crippen LogP contribution is -2.45. The van der Waals surface area contributed by atoms with Gasteiger partial charge in [-0.05, 0) is 25.0 Å². The van der Waals surface area contributed by atoms with Gasteiger partial charge in [-0.1, -0.05) is 0 Å². The third-order valence-corrected chi connectivity index (χ3v) is 4.27. The molecule has 1 aromatic carbocycles. The van der Waals surface area contributed by atoms with Crippen molar-refractivity contribution in [2.75, 3.05) is 33.3 Å². The number of carbonyl (C=O) groups is 2. The molecule has 1 aromatic rings. The third kappa shape index (κ3) is 2.96. The van der Waals surface area contributed by atoms with Gasteiger partial charge in [-0.3, -0.25) is 14.5 Å². The minimum atomic E-state index is -1.08. The first-order valence-corrected chi connectivity index (χ1v) is 7.45. The summed E-state index contributed by atoms with van der Waals surface area (Å²) in [7, 11) is 5.89. The summed E-state index contributed by atoms with van der Waals surface area (Å²) in [6.45, 7) is 1.76. The lowest BCUT2D eigenvalue weighted by Gasteiger charge is -2.38. The maximum absolute atomic E-state index is 12.6. The maximum atomic E-state index is 12.6. The van der Waals surface area contributed by atoms with Crippen molar-refractivity contribution in [2.24, 2.45) is 0 Å². The minimum absolute atomic E-state index is 0.247. The van der Waals surface area contributed by atoms with Crippen LogP contribution in [0.4, 0.5) is 10.5 Å². The first kappa shape index (κ1) is 17.9. The Kier molecular flexibility index (Phi) is 5.18. The SMILES string of the molecule is COc1cc2c(cc1OC)N(C(=O)O)C(C)CC2C(=O)N(C)OC. The van der Waals surface area contributed by atoms with E-state index in [9.17, 15) is 14.7 Å². The minimum Gasteiger partial charge on any atom is -0.493 e. The number of amides is 2. The zero-order chi connectivity index (χ0) is 18.0. The number of anilines is 1. The average Bonchev–Trinajstić information content (AvgIpc) is 2.57. The van der Waals surface area contributed by atoms with E-state index in [1.807, 2.05) is 0 Å². The van der Waals surface area contributed by atoms with Gasteiger partial charge in [0, 0.05) is 19.2 Å². The molecule has 132 valence electrons. The molecule has 1 aliphatic rings. The Morgan fingerprint density at radius 1 is 1.21 bits per heavy atom. The second-order valence-corrected chi connectivity index (χ2v) is 5.57. The quantitative estimate of drug-likeness (QED) is 0.846. The van der Waals surface area contributed by atoms with Crippen molar-refractivity contribution in [3.8, 4) is 11.5 Å². The van der Waals surface area contributed by atoms with E-state index < -0.39 is 12.0 Å². The summed E-state index contributed by atoms with van der Waals surface area (Å²) < 4.78 is 10.6. The molecule has 2 amide bonds. The molecular formula is C16H22N2O6. The van der Waals surface area contributed by atoms with E-state index in [0.717, 1.165) is 5.06 Å². The Morgan fingerprint density at radius 3 is 2.29 bits per heavy atom. The van der Waals surface area contributed by atoms with Crippen molar-refractivity contribution in [3.05, 3.63) is 17.7 Å². The topological polar surface area (TPSA) is 88.5 Å². The second kappa shape index (κ2) is 6.96. The van der Waals surface area contributed by atoms with Crippen LogP contribution in [0, 0.1) is 0 Å². The van der Waals surface area contributed by atoms with Crippen LogP contribution in [0.2, 0.25) is 0 Å². The van der Waals surface area contributed by atoms with Gasteiger partial charge in [-0.15, -0.1) is 0 Å². The molecule has 2 unspecified atom stereocenters. The number of hydrogen-bond donors (Lipinski definition) is 1. The Morgan fingerprint density at radius 2 is 1.79 bits per heavy atom. The van der Waals surface area contributed by atoms with Gasteiger partial charge in [-0.2, -0.15) is 0 Å². The van der Waals surface area contributed by atoms with Crippen LogP contribution >= 0.6 is 0 Å². The lowest BCUT2D eigenvalue weighted by atomic mass is 9.85. The smallest absolute Gasteiger partial charge is 0.412 e. The molecule has 8 nitrogen and oxygen atoms in total. The molecule has 0 bridgehead atoms. The third-order valence-electron chi connectivity index (χ3n) is 4.27. The molecule has 24 heavy (non-hydrogen) atoms. The number of hydroxylamine groups is 2. The number of methoxy groups -OCH3 is 2. The van der Waals surface area contributed by atoms with Crippen molar-refractivity contribution in [1.29, 1.82) is 0 Å². The predicted octanol–water partition coefficient (Wildman–Crippen LogP) is 2.08. The number of ether oxygens (including phenoxy) is 2. The molecule has 0 aliphatic carbocycles. The highest BCUT2D eigenvalue weighted by atomic mass is 16.7. The fraction of sp³-hybridized carbons (Fsp3) is 0.500. The summed E-state index contributed by atoms with van der Waals surface area (Å²) in [6, 6.07) is 2.87. The molecule has 2 rings (SSSR count). The van der Waals surface area contributed by atoms with E-state index in [0.29, 0.717) is 29.2 Å². The van der Waals surface area contributed by atoms with E-state index in [-0.39, 0.29) is 11.9 Å². The van der Waals surface area contributed by atoms with Crippen LogP contribution in [0.5, 0.6) is 11.5 Å². The molecule has 0 radical (unpaired) electrons. The fourth-order valence-electron chi connectivity index (χ4n) is 3.02. The molecule has 0 saturated heterocycles. The molecule has 0 aromatic heterocycles. The van der Waals surface area contributed by atoms with Crippen LogP contribution in [0.25, 0.3) is 0 Å². The van der Waals surface area contributed by atoms with E-state index in [1.54, 1.807) is 19.1 Å². The monoisotopic (exact) mass is 338 g/mol. The number of fused-ring (bicyclic) bond motifs is 1. The van der Waals surface area contributed by atoms with Gasteiger partial charge in [0.2, 0.25) is 0 Å². The van der Waals surface area contributed by atoms with E-state index in [4.69, 9.17) is 14.3 Å². The summed E-state index contributed by atoms with van der Waals surface area (Å²) in [4.78, 5) is 30.5. The van der Waals surface area contributed by atoms with Crippen LogP contribution in [0.15, 0.2) is 12.1 Å². The number of carbonyl (C=O) groups excluding carboxylic acids is 1. The van der Waals surface area contributed by atoms with Gasteiger partial charge < -0.3 is 14.6 Å². The predicted molar refractivity (Wildman–Crippen MR) is 86.6 cm³/mol. The van der Waals surface area contributed by atoms with E-state index >= 15 is 0 Å². The summed E-state index contributed by atoms with van der Waals surface area (Å²) in [5.41, 5.74) is 0.990. The van der Waals surface area contributed by atoms with Crippen molar-refractivity contribution in [1.82, 2.24) is 5.06 Å². The first-order valence-electron chi connectivity index (χ1n) is 7.45. The number of likely N-dealkylation sites (N-methyl/N-ethyl adjacent to an activating group) is 1. The van der Waals surface area contributed by atoms with Gasteiger partial charge >= 0.3 is 6.09 Å². The number of carboxylic acid groups (broad SMARTS) is 1. The van der Waals surface area contributed by atoms with Crippen molar-refractivity contribution < 1.29 is 29.0 Å². The zero-order valence-corrected chi connectivity index (χ0v) is 14.4. The summed E-state index contributed by atoms with van der Waals surface area (Å²) >= 11 is 0. The number of hydrogen-bond acceptors (Lipinski definition) is 5. The molecule has 0 spiro atoms. The Hall–Kier alpha value is -2.48. The molecule has 8 heteroatoms. The molecule has 2 atom stereocenters. The van der Waals surface area contributed by atoms with Crippen LogP contribution in [-0.4, -0.2) is 56.6 Å². The molecule has 0 fully saturated rings. The molecule has 1 N–H and O–H groups in total. The van der Waals surface area contributed by atoms with Crippen molar-refractivity contribution in [2.45, 2.75) is 25.3 Å². The van der Waals surface area contributed by atoms with E-state index in [1.165, 1.54) is 33.3 Å². The Bertz CT molecular complexity index is 648. The Balaban J connectivity index is 2.63. The summed E-state index contributed by atoms with van der Waals surface area (Å²) in [6.07, 6.45) is -0.733. The van der Waals surface area contributed by atoms with E-state index in [2.05, 4.69) is 0 Å². The van der Waals surface area contributed by atoms with Crippen LogP contribution < -0.4 is 14.4 Å². The number of rotatable bonds is 4. The molecule has 0 saturated carbocycles. The number of nitrogens with zero attached hydrogens (tertiary/aromatic N) is 2. The second-order valence-electron chi connectivity index (χ2n) is 5.57. The van der Waals surface area contributed by atoms with Crippen LogP contribution in [-0.2, 0) is 9.63 Å². The van der Waals surface area contributed by atoms with Gasteiger partial charge in [0.05, 0.1) is 32.9 Å². The maximum Gasteiger partial charge on any atom is 0.412 e. The number of benzene rings is 1. The molecule has 1 heterocycles. The fourth-order valence-corrected chi connectivity index (χ4v) is 3.02. The normalized spacial score (nSPS) is 19.5. The Labute approximate surface area is 140 Å². The van der Waals surface area contributed by atoms with Gasteiger partial charge in [0.15, 0.2) is 11.5 Å². The molecule has 1 aliphatic heterocycles. The highest BCUT2D eigenvalue weighted by Crippen LogP contribution is 2.45. The zero-order valence-electron chi connectivity index (χ0n) is 14.4. The van der Waals surface area contributed by atoms with Crippen LogP contribution in [0.3, 0.4) is 0 Å². The standard InChI is InChI=1S/C16H22N2O6/c1-9-6-11(15(19)17(2)24-5)10-7-13(22-3)14(23-4)8-12(10)18(9)16(20)21/h7-9,11H,6H2,1-5H3,(H,20,21). The van der Waals surface area contributed by atoms with Crippen LogP contribution in [0.1, 0.15) is 24.8 Å². The average molecular weight is 338 g/mol. The first-order chi connectivity index (χ1) is 11.3. The lowest BCUT2D eigenvalue weighted by molar-refractivity contribution is -0.170. The molecular weight excluding hydrogens is 316 g/mol. The van der Waals surface area contributed by atoms with Crippen molar-refractivity contribution >= 4 is 17.7 Å². The summed E-state index contributed by atoms with van der Waals surface area (Å²) in [5.74, 6) is 0.0649. The van der Waals surface area contributed by atoms with Gasteiger partial charge in [-0.25, -0.2) is 9.86 Å². The largest absolute Gasteiger partial charge is 0.493 e. The van der Waals surface area contributed by atoms with Gasteiger partial charge in [0.25, 0.3) is 5.91 Å². The highest BCUT2D eigenvalue weighted by Gasteiger charge is 2.39.